The molecule has 0 spiro atoms. The van der Waals surface area contributed by atoms with Crippen LogP contribution in [0.4, 0.5) is 4.79 Å². The number of benzene rings is 2. The Morgan fingerprint density at radius 3 is 2.30 bits per heavy atom. The fourth-order valence-electron chi connectivity index (χ4n) is 3.83. The molecule has 2 heterocycles. The molecule has 4 rings (SSSR count). The summed E-state index contributed by atoms with van der Waals surface area (Å²) in [4.78, 5) is 28.9. The summed E-state index contributed by atoms with van der Waals surface area (Å²) in [5.74, 6) is -0.836. The summed E-state index contributed by atoms with van der Waals surface area (Å²) in [7, 11) is 0. The standard InChI is InChI=1S/C28H28N4O5/c1-27(2,3)37-26(35)30-28(4,17-18-10-6-5-7-11-18)25-32-31-23(36-25)20-14-19(15-21(16-20)24(33)34)22-12-8-9-13-29-22/h5-16H,17H2,1-4H3,(H,30,35)(H,33,34). The number of nitrogens with zero attached hydrogens (tertiary/aromatic N) is 3. The van der Waals surface area contributed by atoms with Crippen LogP contribution >= 0.6 is 0 Å². The number of amides is 1. The van der Waals surface area contributed by atoms with Crippen molar-refractivity contribution >= 4 is 12.1 Å². The molecule has 1 amide bonds. The van der Waals surface area contributed by atoms with E-state index in [9.17, 15) is 14.7 Å². The van der Waals surface area contributed by atoms with Gasteiger partial charge in [0.25, 0.3) is 0 Å². The summed E-state index contributed by atoms with van der Waals surface area (Å²) >= 11 is 0. The van der Waals surface area contributed by atoms with Crippen LogP contribution in [0.3, 0.4) is 0 Å². The molecule has 0 fully saturated rings. The van der Waals surface area contributed by atoms with E-state index in [2.05, 4.69) is 20.5 Å². The number of hydrogen-bond acceptors (Lipinski definition) is 7. The molecule has 4 aromatic rings. The second kappa shape index (κ2) is 10.2. The van der Waals surface area contributed by atoms with Crippen molar-refractivity contribution in [2.75, 3.05) is 0 Å². The van der Waals surface area contributed by atoms with Crippen molar-refractivity contribution in [3.8, 4) is 22.7 Å². The first kappa shape index (κ1) is 25.6. The maximum atomic E-state index is 12.7. The van der Waals surface area contributed by atoms with Gasteiger partial charge in [-0.3, -0.25) is 4.98 Å². The van der Waals surface area contributed by atoms with Crippen molar-refractivity contribution in [3.05, 3.63) is 89.9 Å². The third-order valence-corrected chi connectivity index (χ3v) is 5.46. The molecule has 190 valence electrons. The highest BCUT2D eigenvalue weighted by Crippen LogP contribution is 2.31. The fourth-order valence-corrected chi connectivity index (χ4v) is 3.83. The van der Waals surface area contributed by atoms with E-state index in [1.165, 1.54) is 12.1 Å². The van der Waals surface area contributed by atoms with Crippen LogP contribution in [0.1, 0.15) is 49.5 Å². The smallest absolute Gasteiger partial charge is 0.408 e. The molecule has 0 aliphatic carbocycles. The number of carboxylic acid groups (broad SMARTS) is 1. The number of alkyl carbamates (subject to hydrolysis) is 1. The summed E-state index contributed by atoms with van der Waals surface area (Å²) in [5.41, 5.74) is 0.794. The van der Waals surface area contributed by atoms with Gasteiger partial charge in [0.05, 0.1) is 11.3 Å². The number of rotatable bonds is 7. The Balaban J connectivity index is 1.73. The van der Waals surface area contributed by atoms with Crippen LogP contribution in [-0.2, 0) is 16.7 Å². The Labute approximate surface area is 214 Å². The molecule has 2 N–H and O–H groups in total. The zero-order valence-corrected chi connectivity index (χ0v) is 21.1. The quantitative estimate of drug-likeness (QED) is 0.341. The fraction of sp³-hybridized carbons (Fsp3) is 0.250. The van der Waals surface area contributed by atoms with E-state index in [0.717, 1.165) is 5.56 Å². The second-order valence-electron chi connectivity index (χ2n) is 9.85. The topological polar surface area (TPSA) is 127 Å². The van der Waals surface area contributed by atoms with E-state index in [4.69, 9.17) is 9.15 Å². The van der Waals surface area contributed by atoms with Crippen molar-refractivity contribution in [1.82, 2.24) is 20.5 Å². The zero-order chi connectivity index (χ0) is 26.6. The molecule has 2 aromatic carbocycles. The van der Waals surface area contributed by atoms with Gasteiger partial charge < -0.3 is 19.6 Å². The van der Waals surface area contributed by atoms with Gasteiger partial charge >= 0.3 is 12.1 Å². The number of pyridine rings is 1. The average molecular weight is 501 g/mol. The number of carbonyl (C=O) groups excluding carboxylic acids is 1. The van der Waals surface area contributed by atoms with Gasteiger partial charge in [0.1, 0.15) is 11.1 Å². The van der Waals surface area contributed by atoms with E-state index >= 15 is 0 Å². The van der Waals surface area contributed by atoms with Crippen LogP contribution in [0, 0.1) is 0 Å². The van der Waals surface area contributed by atoms with Gasteiger partial charge in [-0.2, -0.15) is 0 Å². The van der Waals surface area contributed by atoms with Crippen molar-refractivity contribution in [2.24, 2.45) is 0 Å². The van der Waals surface area contributed by atoms with Crippen molar-refractivity contribution in [3.63, 3.8) is 0 Å². The van der Waals surface area contributed by atoms with Crippen LogP contribution in [-0.4, -0.2) is 38.0 Å². The molecule has 0 aliphatic heterocycles. The van der Waals surface area contributed by atoms with E-state index in [-0.39, 0.29) is 17.3 Å². The van der Waals surface area contributed by atoms with Gasteiger partial charge in [-0.1, -0.05) is 36.4 Å². The first-order valence-corrected chi connectivity index (χ1v) is 11.7. The highest BCUT2D eigenvalue weighted by atomic mass is 16.6. The van der Waals surface area contributed by atoms with Gasteiger partial charge in [-0.15, -0.1) is 10.2 Å². The molecule has 0 aliphatic rings. The van der Waals surface area contributed by atoms with Gasteiger partial charge in [-0.05, 0) is 63.6 Å². The van der Waals surface area contributed by atoms with E-state index in [0.29, 0.717) is 23.2 Å². The highest BCUT2D eigenvalue weighted by molar-refractivity contribution is 5.91. The largest absolute Gasteiger partial charge is 0.478 e. The highest BCUT2D eigenvalue weighted by Gasteiger charge is 2.36. The Hall–Kier alpha value is -4.53. The number of aromatic nitrogens is 3. The third kappa shape index (κ3) is 6.38. The molecule has 0 radical (unpaired) electrons. The third-order valence-electron chi connectivity index (χ3n) is 5.46. The molecule has 2 aromatic heterocycles. The van der Waals surface area contributed by atoms with Gasteiger partial charge in [0.15, 0.2) is 0 Å². The lowest BCUT2D eigenvalue weighted by atomic mass is 9.92. The monoisotopic (exact) mass is 500 g/mol. The number of carboxylic acids is 1. The number of hydrogen-bond donors (Lipinski definition) is 2. The van der Waals surface area contributed by atoms with Crippen LogP contribution in [0.5, 0.6) is 0 Å². The molecule has 0 bridgehead atoms. The summed E-state index contributed by atoms with van der Waals surface area (Å²) in [6.45, 7) is 7.11. The van der Waals surface area contributed by atoms with Gasteiger partial charge in [-0.25, -0.2) is 9.59 Å². The average Bonchev–Trinajstić information content (AvgIpc) is 3.35. The Kier molecular flexibility index (Phi) is 7.06. The zero-order valence-electron chi connectivity index (χ0n) is 21.1. The minimum atomic E-state index is -1.11. The lowest BCUT2D eigenvalue weighted by Crippen LogP contribution is -2.47. The molecule has 9 nitrogen and oxygen atoms in total. The summed E-state index contributed by atoms with van der Waals surface area (Å²) in [6.07, 6.45) is 1.35. The number of aromatic carboxylic acids is 1. The molecule has 9 heteroatoms. The van der Waals surface area contributed by atoms with E-state index < -0.39 is 23.2 Å². The molecule has 1 unspecified atom stereocenters. The Bertz CT molecular complexity index is 1400. The Morgan fingerprint density at radius 2 is 1.65 bits per heavy atom. The molecular weight excluding hydrogens is 472 g/mol. The summed E-state index contributed by atoms with van der Waals surface area (Å²) < 4.78 is 11.5. The first-order chi connectivity index (χ1) is 17.5. The van der Waals surface area contributed by atoms with Crippen LogP contribution in [0.15, 0.2) is 77.3 Å². The SMILES string of the molecule is CC(C)(C)OC(=O)NC(C)(Cc1ccccc1)c1nnc(-c2cc(C(=O)O)cc(-c3ccccn3)c2)o1. The Morgan fingerprint density at radius 1 is 0.946 bits per heavy atom. The van der Waals surface area contributed by atoms with Crippen LogP contribution in [0.2, 0.25) is 0 Å². The molecule has 0 saturated heterocycles. The minimum absolute atomic E-state index is 0.0526. The maximum absolute atomic E-state index is 12.7. The van der Waals surface area contributed by atoms with E-state index in [1.807, 2.05) is 36.4 Å². The van der Waals surface area contributed by atoms with Gasteiger partial charge in [0, 0.05) is 23.7 Å². The van der Waals surface area contributed by atoms with Crippen LogP contribution in [0.25, 0.3) is 22.7 Å². The molecule has 37 heavy (non-hydrogen) atoms. The lowest BCUT2D eigenvalue weighted by Gasteiger charge is -2.29. The number of carbonyl (C=O) groups is 2. The predicted molar refractivity (Wildman–Crippen MR) is 137 cm³/mol. The summed E-state index contributed by atoms with van der Waals surface area (Å²) in [6, 6.07) is 19.7. The van der Waals surface area contributed by atoms with E-state index in [1.54, 1.807) is 52.1 Å². The number of ether oxygens (including phenoxy) is 1. The summed E-state index contributed by atoms with van der Waals surface area (Å²) in [5, 5.41) is 21.0. The van der Waals surface area contributed by atoms with Crippen molar-refractivity contribution in [2.45, 2.75) is 45.3 Å². The second-order valence-corrected chi connectivity index (χ2v) is 9.85. The maximum Gasteiger partial charge on any atom is 0.408 e. The molecule has 0 saturated carbocycles. The van der Waals surface area contributed by atoms with Crippen molar-refractivity contribution < 1.29 is 23.8 Å². The molecule has 1 atom stereocenters. The van der Waals surface area contributed by atoms with Crippen molar-refractivity contribution in [1.29, 1.82) is 0 Å². The minimum Gasteiger partial charge on any atom is -0.478 e. The van der Waals surface area contributed by atoms with Crippen LogP contribution < -0.4 is 5.32 Å². The molecular formula is C28H28N4O5. The van der Waals surface area contributed by atoms with Gasteiger partial charge in [0.2, 0.25) is 11.8 Å². The predicted octanol–water partition coefficient (Wildman–Crippen LogP) is 5.48. The lowest BCUT2D eigenvalue weighted by molar-refractivity contribution is 0.0443. The normalized spacial score (nSPS) is 13.0. The number of nitrogens with one attached hydrogen (secondary N) is 1. The first-order valence-electron chi connectivity index (χ1n) is 11.7.